The van der Waals surface area contributed by atoms with E-state index in [2.05, 4.69) is 25.7 Å². The molecule has 25 heavy (non-hydrogen) atoms. The molecule has 0 aliphatic carbocycles. The Balaban J connectivity index is 1.52. The number of aromatic nitrogens is 2. The molecule has 0 spiro atoms. The van der Waals surface area contributed by atoms with E-state index >= 15 is 0 Å². The summed E-state index contributed by atoms with van der Waals surface area (Å²) in [4.78, 5) is 35.0. The van der Waals surface area contributed by atoms with Gasteiger partial charge in [-0.2, -0.15) is 0 Å². The van der Waals surface area contributed by atoms with Crippen LogP contribution in [0.15, 0.2) is 43.0 Å². The van der Waals surface area contributed by atoms with E-state index in [1.54, 1.807) is 6.92 Å². The molecule has 0 saturated carbocycles. The number of rotatable bonds is 4. The number of carbonyl (C=O) groups excluding carboxylic acids is 2. The molecular weight excluding hydrogens is 320 g/mol. The highest BCUT2D eigenvalue weighted by Gasteiger charge is 2.18. The Morgan fingerprint density at radius 2 is 1.64 bits per heavy atom. The van der Waals surface area contributed by atoms with Crippen LogP contribution in [-0.4, -0.2) is 52.9 Å². The number of piperazine rings is 1. The van der Waals surface area contributed by atoms with Crippen LogP contribution in [0.5, 0.6) is 0 Å². The second kappa shape index (κ2) is 7.61. The summed E-state index contributed by atoms with van der Waals surface area (Å²) in [7, 11) is 0. The Morgan fingerprint density at radius 1 is 1.00 bits per heavy atom. The van der Waals surface area contributed by atoms with E-state index < -0.39 is 0 Å². The number of benzene rings is 1. The molecule has 2 aromatic rings. The quantitative estimate of drug-likeness (QED) is 0.804. The number of hydrogen-bond acceptors (Lipinski definition) is 6. The van der Waals surface area contributed by atoms with Gasteiger partial charge in [0, 0.05) is 51.2 Å². The van der Waals surface area contributed by atoms with Crippen molar-refractivity contribution in [1.29, 1.82) is 0 Å². The summed E-state index contributed by atoms with van der Waals surface area (Å²) in [5.74, 6) is -0.177. The van der Waals surface area contributed by atoms with Crippen molar-refractivity contribution in [3.05, 3.63) is 48.5 Å². The lowest BCUT2D eigenvalue weighted by Crippen LogP contribution is -2.48. The maximum atomic E-state index is 11.9. The van der Waals surface area contributed by atoms with Crippen molar-refractivity contribution in [2.24, 2.45) is 0 Å². The third-order valence-corrected chi connectivity index (χ3v) is 4.10. The largest absolute Gasteiger partial charge is 0.368 e. The van der Waals surface area contributed by atoms with E-state index in [9.17, 15) is 9.59 Å². The Bertz CT molecular complexity index is 727. The van der Waals surface area contributed by atoms with Gasteiger partial charge >= 0.3 is 0 Å². The van der Waals surface area contributed by atoms with Crippen LogP contribution in [0.3, 0.4) is 0 Å². The molecule has 2 amide bonds. The van der Waals surface area contributed by atoms with Gasteiger partial charge in [0.05, 0.1) is 11.3 Å². The van der Waals surface area contributed by atoms with E-state index in [1.165, 1.54) is 18.7 Å². The minimum atomic E-state index is -0.301. The number of nitrogens with zero attached hydrogens (tertiary/aromatic N) is 4. The Labute approximate surface area is 145 Å². The van der Waals surface area contributed by atoms with Gasteiger partial charge in [-0.05, 0) is 24.3 Å². The van der Waals surface area contributed by atoms with Crippen LogP contribution >= 0.6 is 0 Å². The molecule has 0 unspecified atom stereocenters. The average Bonchev–Trinajstić information content (AvgIpc) is 2.67. The molecule has 130 valence electrons. The highest BCUT2D eigenvalue weighted by Crippen LogP contribution is 2.19. The molecule has 8 heteroatoms. The fraction of sp³-hybridized carbons (Fsp3) is 0.294. The first-order valence-electron chi connectivity index (χ1n) is 8.05. The average molecular weight is 340 g/mol. The highest BCUT2D eigenvalue weighted by atomic mass is 16.2. The highest BCUT2D eigenvalue weighted by molar-refractivity contribution is 5.94. The normalized spacial score (nSPS) is 14.1. The zero-order valence-corrected chi connectivity index (χ0v) is 14.0. The van der Waals surface area contributed by atoms with Gasteiger partial charge in [0.15, 0.2) is 0 Å². The molecule has 1 aliphatic heterocycles. The van der Waals surface area contributed by atoms with Gasteiger partial charge in [0.1, 0.15) is 6.33 Å². The van der Waals surface area contributed by atoms with Gasteiger partial charge in [-0.15, -0.1) is 0 Å². The summed E-state index contributed by atoms with van der Waals surface area (Å²) in [6.07, 6.45) is 4.28. The first-order chi connectivity index (χ1) is 12.1. The third kappa shape index (κ3) is 4.23. The van der Waals surface area contributed by atoms with Crippen molar-refractivity contribution in [2.45, 2.75) is 6.92 Å². The lowest BCUT2D eigenvalue weighted by molar-refractivity contribution is -0.129. The Hall–Kier alpha value is -3.16. The van der Waals surface area contributed by atoms with Crippen LogP contribution in [0.4, 0.5) is 11.4 Å². The van der Waals surface area contributed by atoms with Crippen molar-refractivity contribution < 1.29 is 9.59 Å². The number of nitrogens with one attached hydrogen (secondary N) is 2. The van der Waals surface area contributed by atoms with Gasteiger partial charge in [-0.1, -0.05) is 0 Å². The molecule has 1 saturated heterocycles. The van der Waals surface area contributed by atoms with Crippen molar-refractivity contribution in [2.75, 3.05) is 36.5 Å². The molecule has 3 rings (SSSR count). The minimum Gasteiger partial charge on any atom is -0.368 e. The molecule has 0 atom stereocenters. The Kier molecular flexibility index (Phi) is 5.08. The summed E-state index contributed by atoms with van der Waals surface area (Å²) < 4.78 is 0. The second-order valence-corrected chi connectivity index (χ2v) is 5.75. The molecule has 2 heterocycles. The van der Waals surface area contributed by atoms with Crippen molar-refractivity contribution in [3.8, 4) is 0 Å². The zero-order valence-electron chi connectivity index (χ0n) is 14.0. The van der Waals surface area contributed by atoms with E-state index in [4.69, 9.17) is 0 Å². The number of amides is 2. The topological polar surface area (TPSA) is 90.5 Å². The van der Waals surface area contributed by atoms with E-state index in [-0.39, 0.29) is 11.8 Å². The molecule has 0 bridgehead atoms. The van der Waals surface area contributed by atoms with Crippen LogP contribution in [0.1, 0.15) is 17.3 Å². The van der Waals surface area contributed by atoms with Crippen LogP contribution in [0.2, 0.25) is 0 Å². The summed E-state index contributed by atoms with van der Waals surface area (Å²) in [5, 5.41) is 0. The molecule has 0 radical (unpaired) electrons. The van der Waals surface area contributed by atoms with Gasteiger partial charge in [-0.3, -0.25) is 20.4 Å². The summed E-state index contributed by atoms with van der Waals surface area (Å²) >= 11 is 0. The van der Waals surface area contributed by atoms with E-state index in [0.717, 1.165) is 37.6 Å². The van der Waals surface area contributed by atoms with E-state index in [0.29, 0.717) is 5.56 Å². The summed E-state index contributed by atoms with van der Waals surface area (Å²) in [5.41, 5.74) is 7.73. The fourth-order valence-corrected chi connectivity index (χ4v) is 2.65. The maximum Gasteiger partial charge on any atom is 0.272 e. The molecule has 1 fully saturated rings. The van der Waals surface area contributed by atoms with Crippen molar-refractivity contribution in [3.63, 3.8) is 0 Å². The monoisotopic (exact) mass is 340 g/mol. The van der Waals surface area contributed by atoms with Crippen LogP contribution in [0.25, 0.3) is 0 Å². The minimum absolute atomic E-state index is 0.124. The lowest BCUT2D eigenvalue weighted by atomic mass is 10.2. The van der Waals surface area contributed by atoms with Crippen molar-refractivity contribution >= 4 is 23.2 Å². The maximum absolute atomic E-state index is 11.9. The molecule has 2 N–H and O–H groups in total. The first kappa shape index (κ1) is 16.7. The zero-order chi connectivity index (χ0) is 17.6. The smallest absolute Gasteiger partial charge is 0.272 e. The fourth-order valence-electron chi connectivity index (χ4n) is 2.65. The number of anilines is 2. The summed E-state index contributed by atoms with van der Waals surface area (Å²) in [6.45, 7) is 4.72. The predicted molar refractivity (Wildman–Crippen MR) is 94.0 cm³/mol. The molecule has 8 nitrogen and oxygen atoms in total. The standard InChI is InChI=1S/C17H20N6O2/c1-13(24)22-6-8-23(9-7-22)16-4-2-15(3-5-16)20-21-17(25)14-10-18-12-19-11-14/h2-5,10-12,20H,6-9H2,1H3,(H,21,25). The summed E-state index contributed by atoms with van der Waals surface area (Å²) in [6, 6.07) is 7.77. The van der Waals surface area contributed by atoms with Crippen LogP contribution in [0, 0.1) is 0 Å². The second-order valence-electron chi connectivity index (χ2n) is 5.75. The molecular formula is C17H20N6O2. The van der Waals surface area contributed by atoms with Gasteiger partial charge in [-0.25, -0.2) is 9.97 Å². The lowest BCUT2D eigenvalue weighted by Gasteiger charge is -2.35. The molecule has 1 aliphatic rings. The SMILES string of the molecule is CC(=O)N1CCN(c2ccc(NNC(=O)c3cncnc3)cc2)CC1. The van der Waals surface area contributed by atoms with Crippen LogP contribution < -0.4 is 15.8 Å². The molecule has 1 aromatic heterocycles. The van der Waals surface area contributed by atoms with Gasteiger partial charge < -0.3 is 9.80 Å². The number of hydrogen-bond donors (Lipinski definition) is 2. The third-order valence-electron chi connectivity index (χ3n) is 4.10. The van der Waals surface area contributed by atoms with E-state index in [1.807, 2.05) is 29.2 Å². The Morgan fingerprint density at radius 3 is 2.24 bits per heavy atom. The van der Waals surface area contributed by atoms with Crippen molar-refractivity contribution in [1.82, 2.24) is 20.3 Å². The number of hydrazine groups is 1. The number of carbonyl (C=O) groups is 2. The van der Waals surface area contributed by atoms with Gasteiger partial charge in [0.2, 0.25) is 5.91 Å². The first-order valence-corrected chi connectivity index (χ1v) is 8.05. The molecule has 1 aromatic carbocycles. The van der Waals surface area contributed by atoms with Crippen LogP contribution in [-0.2, 0) is 4.79 Å². The van der Waals surface area contributed by atoms with Gasteiger partial charge in [0.25, 0.3) is 5.91 Å². The predicted octanol–water partition coefficient (Wildman–Crippen LogP) is 0.902.